The van der Waals surface area contributed by atoms with Gasteiger partial charge < -0.3 is 14.2 Å². The van der Waals surface area contributed by atoms with E-state index in [9.17, 15) is 10.1 Å². The second-order valence-electron chi connectivity index (χ2n) is 7.24. The summed E-state index contributed by atoms with van der Waals surface area (Å²) >= 11 is 5.92. The highest BCUT2D eigenvalue weighted by Gasteiger charge is 2.12. The van der Waals surface area contributed by atoms with E-state index in [1.54, 1.807) is 48.5 Å². The molecule has 0 bridgehead atoms. The number of nitrogens with zero attached hydrogens (tertiary/aromatic N) is 1. The van der Waals surface area contributed by atoms with Crippen LogP contribution in [0, 0.1) is 11.3 Å². The number of nitriles is 1. The average molecular weight is 462 g/mol. The molecule has 0 aliphatic rings. The standard InChI is InChI=1S/C27H24ClNO4/c1-3-4-19-5-12-24(13-6-19)32-18-27(30)33-25-14-7-20(16-26(25)31-2)15-22(17-29)21-8-10-23(28)11-9-21/h5-16H,3-4,18H2,1-2H3. The van der Waals surface area contributed by atoms with Crippen LogP contribution in [0.25, 0.3) is 11.6 Å². The van der Waals surface area contributed by atoms with Crippen molar-refractivity contribution in [1.82, 2.24) is 0 Å². The van der Waals surface area contributed by atoms with Crippen LogP contribution in [0.5, 0.6) is 17.2 Å². The highest BCUT2D eigenvalue weighted by molar-refractivity contribution is 6.30. The molecule has 0 aromatic heterocycles. The van der Waals surface area contributed by atoms with Crippen LogP contribution in [0.2, 0.25) is 5.02 Å². The highest BCUT2D eigenvalue weighted by Crippen LogP contribution is 2.30. The van der Waals surface area contributed by atoms with E-state index in [4.69, 9.17) is 25.8 Å². The summed E-state index contributed by atoms with van der Waals surface area (Å²) in [5, 5.41) is 10.1. The summed E-state index contributed by atoms with van der Waals surface area (Å²) in [6.45, 7) is 1.90. The minimum absolute atomic E-state index is 0.229. The maximum absolute atomic E-state index is 12.3. The van der Waals surface area contributed by atoms with E-state index < -0.39 is 5.97 Å². The number of ether oxygens (including phenoxy) is 3. The molecule has 33 heavy (non-hydrogen) atoms. The summed E-state index contributed by atoms with van der Waals surface area (Å²) in [5.41, 5.74) is 3.16. The van der Waals surface area contributed by atoms with Crippen molar-refractivity contribution in [3.63, 3.8) is 0 Å². The molecule has 0 fully saturated rings. The first-order valence-electron chi connectivity index (χ1n) is 10.5. The lowest BCUT2D eigenvalue weighted by atomic mass is 10.0. The van der Waals surface area contributed by atoms with Gasteiger partial charge in [0.15, 0.2) is 18.1 Å². The molecule has 3 rings (SSSR count). The third-order valence-electron chi connectivity index (χ3n) is 4.82. The van der Waals surface area contributed by atoms with Crippen molar-refractivity contribution < 1.29 is 19.0 Å². The molecule has 0 aliphatic carbocycles. The first-order valence-corrected chi connectivity index (χ1v) is 10.9. The SMILES string of the molecule is CCCc1ccc(OCC(=O)Oc2ccc(C=C(C#N)c3ccc(Cl)cc3)cc2OC)cc1. The fourth-order valence-electron chi connectivity index (χ4n) is 3.17. The molecule has 0 heterocycles. The second-order valence-corrected chi connectivity index (χ2v) is 7.68. The van der Waals surface area contributed by atoms with Gasteiger partial charge in [-0.1, -0.05) is 55.3 Å². The van der Waals surface area contributed by atoms with Crippen LogP contribution in [0.1, 0.15) is 30.0 Å². The van der Waals surface area contributed by atoms with Gasteiger partial charge in [-0.2, -0.15) is 5.26 Å². The predicted molar refractivity (Wildman–Crippen MR) is 129 cm³/mol. The van der Waals surface area contributed by atoms with Gasteiger partial charge in [-0.05, 0) is 65.6 Å². The van der Waals surface area contributed by atoms with Crippen LogP contribution < -0.4 is 14.2 Å². The van der Waals surface area contributed by atoms with Crippen molar-refractivity contribution >= 4 is 29.2 Å². The number of methoxy groups -OCH3 is 1. The minimum Gasteiger partial charge on any atom is -0.493 e. The molecular weight excluding hydrogens is 438 g/mol. The molecule has 0 amide bonds. The first kappa shape index (κ1) is 23.9. The Kier molecular flexibility index (Phi) is 8.51. The van der Waals surface area contributed by atoms with E-state index in [0.29, 0.717) is 22.1 Å². The molecule has 0 saturated heterocycles. The third-order valence-corrected chi connectivity index (χ3v) is 5.07. The van der Waals surface area contributed by atoms with Gasteiger partial charge in [0.2, 0.25) is 0 Å². The number of halogens is 1. The van der Waals surface area contributed by atoms with Crippen molar-refractivity contribution in [3.05, 3.63) is 88.4 Å². The minimum atomic E-state index is -0.548. The molecule has 0 atom stereocenters. The van der Waals surface area contributed by atoms with Gasteiger partial charge in [0, 0.05) is 5.02 Å². The Bertz CT molecular complexity index is 1160. The number of rotatable bonds is 9. The van der Waals surface area contributed by atoms with Crippen molar-refractivity contribution in [2.24, 2.45) is 0 Å². The predicted octanol–water partition coefficient (Wildman–Crippen LogP) is 6.35. The van der Waals surface area contributed by atoms with Gasteiger partial charge in [0.25, 0.3) is 0 Å². The summed E-state index contributed by atoms with van der Waals surface area (Å²) in [7, 11) is 1.49. The van der Waals surface area contributed by atoms with Gasteiger partial charge in [0.05, 0.1) is 18.8 Å². The molecule has 6 heteroatoms. The van der Waals surface area contributed by atoms with E-state index in [-0.39, 0.29) is 12.4 Å². The molecule has 0 unspecified atom stereocenters. The smallest absolute Gasteiger partial charge is 0.349 e. The Balaban J connectivity index is 1.67. The van der Waals surface area contributed by atoms with Gasteiger partial charge in [-0.3, -0.25) is 0 Å². The second kappa shape index (κ2) is 11.8. The maximum atomic E-state index is 12.3. The van der Waals surface area contributed by atoms with Crippen LogP contribution in [-0.2, 0) is 11.2 Å². The Hall–Kier alpha value is -3.75. The number of esters is 1. The van der Waals surface area contributed by atoms with Crippen LogP contribution in [-0.4, -0.2) is 19.7 Å². The number of carbonyl (C=O) groups excluding carboxylic acids is 1. The first-order chi connectivity index (χ1) is 16.0. The van der Waals surface area contributed by atoms with Gasteiger partial charge >= 0.3 is 5.97 Å². The Morgan fingerprint density at radius 1 is 1.03 bits per heavy atom. The van der Waals surface area contributed by atoms with Crippen LogP contribution in [0.3, 0.4) is 0 Å². The normalized spacial score (nSPS) is 10.9. The average Bonchev–Trinajstić information content (AvgIpc) is 2.83. The number of carbonyl (C=O) groups is 1. The van der Waals surface area contributed by atoms with E-state index in [2.05, 4.69) is 13.0 Å². The Labute approximate surface area is 198 Å². The van der Waals surface area contributed by atoms with Crippen LogP contribution in [0.15, 0.2) is 66.7 Å². The number of allylic oxidation sites excluding steroid dienone is 1. The molecule has 0 aliphatic heterocycles. The van der Waals surface area contributed by atoms with Crippen LogP contribution >= 0.6 is 11.6 Å². The molecule has 168 valence electrons. The summed E-state index contributed by atoms with van der Waals surface area (Å²) in [6.07, 6.45) is 3.80. The molecule has 0 spiro atoms. The topological polar surface area (TPSA) is 68.5 Å². The number of hydrogen-bond acceptors (Lipinski definition) is 5. The fourth-order valence-corrected chi connectivity index (χ4v) is 3.30. The number of hydrogen-bond donors (Lipinski definition) is 0. The Morgan fingerprint density at radius 2 is 1.76 bits per heavy atom. The summed E-state index contributed by atoms with van der Waals surface area (Å²) in [4.78, 5) is 12.3. The van der Waals surface area contributed by atoms with Crippen LogP contribution in [0.4, 0.5) is 0 Å². The Morgan fingerprint density at radius 3 is 2.39 bits per heavy atom. The third kappa shape index (κ3) is 6.86. The monoisotopic (exact) mass is 461 g/mol. The van der Waals surface area contributed by atoms with Crippen molar-refractivity contribution in [2.45, 2.75) is 19.8 Å². The van der Waals surface area contributed by atoms with Gasteiger partial charge in [0.1, 0.15) is 5.75 Å². The number of benzene rings is 3. The molecule has 5 nitrogen and oxygen atoms in total. The zero-order valence-electron chi connectivity index (χ0n) is 18.5. The van der Waals surface area contributed by atoms with Crippen molar-refractivity contribution in [2.75, 3.05) is 13.7 Å². The fraction of sp³-hybridized carbons (Fsp3) is 0.185. The summed E-state index contributed by atoms with van der Waals surface area (Å²) in [6, 6.07) is 21.9. The zero-order chi connectivity index (χ0) is 23.6. The lowest BCUT2D eigenvalue weighted by Crippen LogP contribution is -2.18. The quantitative estimate of drug-likeness (QED) is 0.161. The van der Waals surface area contributed by atoms with E-state index >= 15 is 0 Å². The highest BCUT2D eigenvalue weighted by atomic mass is 35.5. The lowest BCUT2D eigenvalue weighted by Gasteiger charge is -2.11. The molecule has 3 aromatic carbocycles. The zero-order valence-corrected chi connectivity index (χ0v) is 19.3. The molecular formula is C27H24ClNO4. The summed E-state index contributed by atoms with van der Waals surface area (Å²) in [5.74, 6) is 0.694. The summed E-state index contributed by atoms with van der Waals surface area (Å²) < 4.78 is 16.3. The molecule has 0 N–H and O–H groups in total. The lowest BCUT2D eigenvalue weighted by molar-refractivity contribution is -0.136. The van der Waals surface area contributed by atoms with E-state index in [1.165, 1.54) is 12.7 Å². The van der Waals surface area contributed by atoms with Crippen molar-refractivity contribution in [3.8, 4) is 23.3 Å². The maximum Gasteiger partial charge on any atom is 0.349 e. The van der Waals surface area contributed by atoms with Crippen molar-refractivity contribution in [1.29, 1.82) is 5.26 Å². The largest absolute Gasteiger partial charge is 0.493 e. The molecule has 0 radical (unpaired) electrons. The van der Waals surface area contributed by atoms with E-state index in [1.807, 2.05) is 24.3 Å². The number of aryl methyl sites for hydroxylation is 1. The molecule has 0 saturated carbocycles. The molecule has 3 aromatic rings. The van der Waals surface area contributed by atoms with E-state index in [0.717, 1.165) is 24.0 Å². The van der Waals surface area contributed by atoms with Gasteiger partial charge in [-0.15, -0.1) is 0 Å². The van der Waals surface area contributed by atoms with Gasteiger partial charge in [-0.25, -0.2) is 4.79 Å².